The normalized spacial score (nSPS) is 15.4. The van der Waals surface area contributed by atoms with E-state index in [2.05, 4.69) is 33.2 Å². The van der Waals surface area contributed by atoms with Gasteiger partial charge in [-0.15, -0.1) is 0 Å². The number of esters is 1. The smallest absolute Gasteiger partial charge is 0.325 e. The molecule has 6 nitrogen and oxygen atoms in total. The van der Waals surface area contributed by atoms with Crippen molar-refractivity contribution in [3.05, 3.63) is 33.4 Å². The number of carbonyl (C=O) groups is 3. The van der Waals surface area contributed by atoms with Crippen molar-refractivity contribution in [2.75, 3.05) is 13.2 Å². The Morgan fingerprint density at radius 3 is 2.38 bits per heavy atom. The number of hydrogen-bond acceptors (Lipinski definition) is 4. The van der Waals surface area contributed by atoms with Crippen molar-refractivity contribution >= 4 is 40.4 Å². The van der Waals surface area contributed by atoms with Gasteiger partial charge in [0.2, 0.25) is 0 Å². The molecule has 0 aliphatic heterocycles. The first-order valence-electron chi connectivity index (χ1n) is 9.04. The van der Waals surface area contributed by atoms with Crippen LogP contribution in [0, 0.1) is 3.57 Å². The number of nitrogens with one attached hydrogen (secondary N) is 2. The third-order valence-corrected chi connectivity index (χ3v) is 5.29. The third-order valence-electron chi connectivity index (χ3n) is 4.35. The molecule has 2 rings (SSSR count). The first-order chi connectivity index (χ1) is 12.6. The Labute approximate surface area is 167 Å². The van der Waals surface area contributed by atoms with Crippen molar-refractivity contribution in [1.29, 1.82) is 0 Å². The van der Waals surface area contributed by atoms with Crippen LogP contribution in [0.15, 0.2) is 24.3 Å². The van der Waals surface area contributed by atoms with Crippen LogP contribution < -0.4 is 10.6 Å². The van der Waals surface area contributed by atoms with Crippen molar-refractivity contribution < 1.29 is 19.1 Å². The highest BCUT2D eigenvalue weighted by molar-refractivity contribution is 14.1. The lowest BCUT2D eigenvalue weighted by Crippen LogP contribution is -2.39. The number of ether oxygens (including phenoxy) is 1. The number of halogens is 1. The molecule has 0 spiro atoms. The maximum atomic E-state index is 12.0. The molecule has 0 saturated heterocycles. The standard InChI is InChI=1S/C19H25IN2O4/c20-16-11-7-6-10-15(16)19(25)21-12-18(24)26-13-17(23)22-14-8-4-2-1-3-5-9-14/h6-7,10-11,14H,1-5,8-9,12-13H2,(H,21,25)(H,22,23). The largest absolute Gasteiger partial charge is 0.454 e. The molecule has 0 heterocycles. The molecule has 0 aromatic heterocycles. The van der Waals surface area contributed by atoms with E-state index in [9.17, 15) is 14.4 Å². The summed E-state index contributed by atoms with van der Waals surface area (Å²) in [4.78, 5) is 35.7. The molecule has 1 fully saturated rings. The van der Waals surface area contributed by atoms with Crippen LogP contribution in [-0.4, -0.2) is 37.0 Å². The van der Waals surface area contributed by atoms with Crippen LogP contribution in [0.2, 0.25) is 0 Å². The highest BCUT2D eigenvalue weighted by Gasteiger charge is 2.16. The molecular weight excluding hydrogens is 447 g/mol. The molecule has 2 amide bonds. The summed E-state index contributed by atoms with van der Waals surface area (Å²) in [5.41, 5.74) is 0.503. The van der Waals surface area contributed by atoms with Crippen LogP contribution in [0.4, 0.5) is 0 Å². The van der Waals surface area contributed by atoms with Gasteiger partial charge in [0.1, 0.15) is 6.54 Å². The van der Waals surface area contributed by atoms with E-state index in [1.807, 2.05) is 12.1 Å². The minimum absolute atomic E-state index is 0.168. The summed E-state index contributed by atoms with van der Waals surface area (Å²) in [5.74, 6) is -1.25. The van der Waals surface area contributed by atoms with Gasteiger partial charge in [0.05, 0.1) is 5.56 Å². The number of carbonyl (C=O) groups excluding carboxylic acids is 3. The van der Waals surface area contributed by atoms with Gasteiger partial charge in [-0.2, -0.15) is 0 Å². The highest BCUT2D eigenvalue weighted by atomic mass is 127. The van der Waals surface area contributed by atoms with E-state index in [-0.39, 0.29) is 31.0 Å². The zero-order valence-corrected chi connectivity index (χ0v) is 16.9. The van der Waals surface area contributed by atoms with Crippen molar-refractivity contribution in [2.24, 2.45) is 0 Å². The fourth-order valence-corrected chi connectivity index (χ4v) is 3.59. The van der Waals surface area contributed by atoms with Gasteiger partial charge in [-0.25, -0.2) is 0 Å². The lowest BCUT2D eigenvalue weighted by molar-refractivity contribution is -0.147. The molecule has 7 heteroatoms. The minimum atomic E-state index is -0.628. The van der Waals surface area contributed by atoms with E-state index in [0.29, 0.717) is 5.56 Å². The predicted molar refractivity (Wildman–Crippen MR) is 107 cm³/mol. The van der Waals surface area contributed by atoms with E-state index in [1.54, 1.807) is 12.1 Å². The molecule has 1 saturated carbocycles. The summed E-state index contributed by atoms with van der Waals surface area (Å²) >= 11 is 2.06. The van der Waals surface area contributed by atoms with Crippen molar-refractivity contribution in [1.82, 2.24) is 10.6 Å². The Morgan fingerprint density at radius 2 is 1.69 bits per heavy atom. The average Bonchev–Trinajstić information content (AvgIpc) is 2.60. The summed E-state index contributed by atoms with van der Waals surface area (Å²) in [6.45, 7) is -0.575. The second-order valence-electron chi connectivity index (χ2n) is 6.43. The Morgan fingerprint density at radius 1 is 1.04 bits per heavy atom. The van der Waals surface area contributed by atoms with Crippen molar-refractivity contribution in [3.8, 4) is 0 Å². The number of hydrogen-bond donors (Lipinski definition) is 2. The Balaban J connectivity index is 1.67. The van der Waals surface area contributed by atoms with Gasteiger partial charge in [0, 0.05) is 9.61 Å². The molecule has 26 heavy (non-hydrogen) atoms. The molecular formula is C19H25IN2O4. The highest BCUT2D eigenvalue weighted by Crippen LogP contribution is 2.17. The van der Waals surface area contributed by atoms with Gasteiger partial charge < -0.3 is 15.4 Å². The molecule has 0 unspecified atom stereocenters. The number of benzene rings is 1. The lowest BCUT2D eigenvalue weighted by atomic mass is 9.97. The zero-order valence-electron chi connectivity index (χ0n) is 14.8. The minimum Gasteiger partial charge on any atom is -0.454 e. The molecule has 0 bridgehead atoms. The van der Waals surface area contributed by atoms with Gasteiger partial charge in [-0.3, -0.25) is 14.4 Å². The zero-order chi connectivity index (χ0) is 18.8. The molecule has 1 aliphatic carbocycles. The van der Waals surface area contributed by atoms with Gasteiger partial charge in [0.15, 0.2) is 6.61 Å². The summed E-state index contributed by atoms with van der Waals surface area (Å²) in [6.07, 6.45) is 7.88. The van der Waals surface area contributed by atoms with Crippen molar-refractivity contribution in [3.63, 3.8) is 0 Å². The number of rotatable bonds is 6. The molecule has 0 atom stereocenters. The Bertz CT molecular complexity index is 628. The molecule has 1 aliphatic rings. The van der Waals surface area contributed by atoms with Gasteiger partial charge >= 0.3 is 5.97 Å². The van der Waals surface area contributed by atoms with E-state index >= 15 is 0 Å². The third kappa shape index (κ3) is 7.31. The van der Waals surface area contributed by atoms with E-state index in [1.165, 1.54) is 19.3 Å². The van der Waals surface area contributed by atoms with E-state index in [0.717, 1.165) is 29.3 Å². The van der Waals surface area contributed by atoms with Crippen LogP contribution in [0.25, 0.3) is 0 Å². The second kappa shape index (κ2) is 11.2. The maximum absolute atomic E-state index is 12.0. The fourth-order valence-electron chi connectivity index (χ4n) is 2.96. The van der Waals surface area contributed by atoms with Crippen LogP contribution in [0.5, 0.6) is 0 Å². The summed E-state index contributed by atoms with van der Waals surface area (Å²) in [6, 6.07) is 7.26. The maximum Gasteiger partial charge on any atom is 0.325 e. The van der Waals surface area contributed by atoms with E-state index < -0.39 is 5.97 Å². The molecule has 2 N–H and O–H groups in total. The van der Waals surface area contributed by atoms with Crippen LogP contribution in [0.1, 0.15) is 55.3 Å². The van der Waals surface area contributed by atoms with Gasteiger partial charge in [-0.1, -0.05) is 44.2 Å². The van der Waals surface area contributed by atoms with Crippen LogP contribution in [-0.2, 0) is 14.3 Å². The first kappa shape index (κ1) is 20.7. The molecule has 142 valence electrons. The topological polar surface area (TPSA) is 84.5 Å². The monoisotopic (exact) mass is 472 g/mol. The van der Waals surface area contributed by atoms with Crippen molar-refractivity contribution in [2.45, 2.75) is 51.0 Å². The Kier molecular flexibility index (Phi) is 8.87. The first-order valence-corrected chi connectivity index (χ1v) is 10.1. The Hall–Kier alpha value is -1.64. The summed E-state index contributed by atoms with van der Waals surface area (Å²) < 4.78 is 5.75. The molecule has 1 aromatic rings. The molecule has 0 radical (unpaired) electrons. The fraction of sp³-hybridized carbons (Fsp3) is 0.526. The summed E-state index contributed by atoms with van der Waals surface area (Å²) in [7, 11) is 0. The van der Waals surface area contributed by atoms with E-state index in [4.69, 9.17) is 4.74 Å². The van der Waals surface area contributed by atoms with Crippen LogP contribution >= 0.6 is 22.6 Å². The number of amides is 2. The lowest BCUT2D eigenvalue weighted by Gasteiger charge is -2.20. The van der Waals surface area contributed by atoms with Gasteiger partial charge in [0.25, 0.3) is 11.8 Å². The average molecular weight is 472 g/mol. The quantitative estimate of drug-likeness (QED) is 0.493. The SMILES string of the molecule is O=C(COC(=O)CNC(=O)c1ccccc1I)NC1CCCCCCC1. The second-order valence-corrected chi connectivity index (χ2v) is 7.59. The van der Waals surface area contributed by atoms with Crippen LogP contribution in [0.3, 0.4) is 0 Å². The molecule has 1 aromatic carbocycles. The predicted octanol–water partition coefficient (Wildman–Crippen LogP) is 2.79. The van der Waals surface area contributed by atoms with Gasteiger partial charge in [-0.05, 0) is 47.6 Å². The summed E-state index contributed by atoms with van der Waals surface area (Å²) in [5, 5.41) is 5.45.